The van der Waals surface area contributed by atoms with Gasteiger partial charge in [-0.15, -0.1) is 0 Å². The topological polar surface area (TPSA) is 79.9 Å². The Kier molecular flexibility index (Phi) is 4.38. The average Bonchev–Trinajstić information content (AvgIpc) is 2.85. The first kappa shape index (κ1) is 16.5. The number of hydrogen-bond donors (Lipinski definition) is 0. The maximum atomic E-state index is 12.1. The molecule has 25 heavy (non-hydrogen) atoms. The van der Waals surface area contributed by atoms with Gasteiger partial charge in [0.2, 0.25) is 17.4 Å². The van der Waals surface area contributed by atoms with Crippen molar-refractivity contribution in [1.82, 2.24) is 0 Å². The fraction of sp³-hybridized carbons (Fsp3) is 0.167. The monoisotopic (exact) mass is 338 g/mol. The van der Waals surface area contributed by atoms with Crippen molar-refractivity contribution in [2.24, 2.45) is 5.16 Å². The quantitative estimate of drug-likeness (QED) is 0.375. The summed E-state index contributed by atoms with van der Waals surface area (Å²) in [5.41, 5.74) is -0.0717. The third-order valence-corrected chi connectivity index (χ3v) is 3.79. The second kappa shape index (κ2) is 6.64. The first-order chi connectivity index (χ1) is 12.0. The molecule has 7 heteroatoms. The molecule has 3 aromatic rings. The summed E-state index contributed by atoms with van der Waals surface area (Å²) in [6.45, 7) is -0.0835. The van der Waals surface area contributed by atoms with E-state index in [-0.39, 0.29) is 22.7 Å². The Bertz CT molecular complexity index is 1030. The Labute approximate surface area is 142 Å². The van der Waals surface area contributed by atoms with E-state index in [0.717, 1.165) is 5.69 Å². The third-order valence-electron chi connectivity index (χ3n) is 3.79. The highest BCUT2D eigenvalue weighted by Gasteiger charge is 2.14. The standard InChI is InChI=1S/C18H16N3O4/c1-20(2)12-7-9-21(10-8-12)11-15(22)25-19-16-17(23)13-5-3-4-6-14(13)18(16)24/h3-10H,11H2,1-2H3/q+1. The molecule has 0 saturated heterocycles. The van der Waals surface area contributed by atoms with Crippen LogP contribution >= 0.6 is 0 Å². The summed E-state index contributed by atoms with van der Waals surface area (Å²) in [6, 6.07) is 10.1. The minimum absolute atomic E-state index is 0.0835. The average molecular weight is 338 g/mol. The molecule has 0 radical (unpaired) electrons. The van der Waals surface area contributed by atoms with Gasteiger partial charge in [0.05, 0.1) is 0 Å². The van der Waals surface area contributed by atoms with Gasteiger partial charge in [0.25, 0.3) is 0 Å². The van der Waals surface area contributed by atoms with Crippen molar-refractivity contribution in [3.05, 3.63) is 74.6 Å². The first-order valence-corrected chi connectivity index (χ1v) is 7.60. The van der Waals surface area contributed by atoms with Crippen LogP contribution in [0.1, 0.15) is 0 Å². The Morgan fingerprint density at radius 1 is 1.04 bits per heavy atom. The van der Waals surface area contributed by atoms with Crippen molar-refractivity contribution in [2.75, 3.05) is 19.0 Å². The Morgan fingerprint density at radius 3 is 2.12 bits per heavy atom. The predicted octanol–water partition coefficient (Wildman–Crippen LogP) is -0.152. The van der Waals surface area contributed by atoms with Gasteiger partial charge in [-0.1, -0.05) is 29.4 Å². The van der Waals surface area contributed by atoms with Crippen LogP contribution in [-0.2, 0) is 16.2 Å². The maximum Gasteiger partial charge on any atom is 0.399 e. The lowest BCUT2D eigenvalue weighted by molar-refractivity contribution is -0.685. The maximum absolute atomic E-state index is 12.1. The molecule has 0 N–H and O–H groups in total. The number of pyridine rings is 1. The van der Waals surface area contributed by atoms with Crippen molar-refractivity contribution in [3.63, 3.8) is 0 Å². The van der Waals surface area contributed by atoms with Crippen molar-refractivity contribution >= 4 is 22.4 Å². The molecule has 0 atom stereocenters. The Morgan fingerprint density at radius 2 is 1.60 bits per heavy atom. The van der Waals surface area contributed by atoms with E-state index in [9.17, 15) is 14.4 Å². The van der Waals surface area contributed by atoms with E-state index in [1.54, 1.807) is 41.2 Å². The smallest absolute Gasteiger partial charge is 0.377 e. The molecule has 0 spiro atoms. The van der Waals surface area contributed by atoms with Crippen LogP contribution in [0, 0.1) is 0 Å². The molecule has 3 rings (SSSR count). The number of benzene rings is 1. The Hall–Kier alpha value is -3.35. The number of nitrogens with zero attached hydrogens (tertiary/aromatic N) is 3. The van der Waals surface area contributed by atoms with Crippen molar-refractivity contribution in [2.45, 2.75) is 6.54 Å². The molecule has 0 bridgehead atoms. The zero-order chi connectivity index (χ0) is 18.0. The molecular weight excluding hydrogens is 322 g/mol. The number of hydrogen-bond acceptors (Lipinski definition) is 6. The van der Waals surface area contributed by atoms with Crippen molar-refractivity contribution in [3.8, 4) is 0 Å². The number of fused-ring (bicyclic) bond motifs is 1. The van der Waals surface area contributed by atoms with Crippen LogP contribution in [0.25, 0.3) is 10.8 Å². The van der Waals surface area contributed by atoms with Crippen LogP contribution in [0.3, 0.4) is 0 Å². The molecule has 0 fully saturated rings. The van der Waals surface area contributed by atoms with Gasteiger partial charge in [0, 0.05) is 42.7 Å². The molecule has 1 heterocycles. The largest absolute Gasteiger partial charge is 0.399 e. The zero-order valence-electron chi connectivity index (χ0n) is 13.8. The van der Waals surface area contributed by atoms with E-state index in [2.05, 4.69) is 5.16 Å². The lowest BCUT2D eigenvalue weighted by Gasteiger charge is -2.10. The fourth-order valence-electron chi connectivity index (χ4n) is 2.45. The number of carbonyl (C=O) groups excluding carboxylic acids is 1. The highest BCUT2D eigenvalue weighted by molar-refractivity contribution is 5.83. The molecule has 0 aliphatic rings. The summed E-state index contributed by atoms with van der Waals surface area (Å²) in [6.07, 6.45) is 3.46. The van der Waals surface area contributed by atoms with E-state index in [1.165, 1.54) is 0 Å². The number of anilines is 1. The second-order valence-corrected chi connectivity index (χ2v) is 5.73. The van der Waals surface area contributed by atoms with E-state index >= 15 is 0 Å². The summed E-state index contributed by atoms with van der Waals surface area (Å²) in [7, 11) is 3.83. The summed E-state index contributed by atoms with van der Waals surface area (Å²) in [4.78, 5) is 42.8. The lowest BCUT2D eigenvalue weighted by atomic mass is 10.2. The zero-order valence-corrected chi connectivity index (χ0v) is 13.8. The normalized spacial score (nSPS) is 10.6. The fourth-order valence-corrected chi connectivity index (χ4v) is 2.45. The van der Waals surface area contributed by atoms with Crippen molar-refractivity contribution < 1.29 is 14.2 Å². The van der Waals surface area contributed by atoms with Gasteiger partial charge in [-0.05, 0) is 0 Å². The highest BCUT2D eigenvalue weighted by Crippen LogP contribution is 2.05. The van der Waals surface area contributed by atoms with Crippen LogP contribution in [0.15, 0.2) is 63.5 Å². The molecule has 7 nitrogen and oxygen atoms in total. The molecule has 0 unspecified atom stereocenters. The van der Waals surface area contributed by atoms with E-state index < -0.39 is 16.8 Å². The van der Waals surface area contributed by atoms with Gasteiger partial charge < -0.3 is 9.74 Å². The van der Waals surface area contributed by atoms with E-state index in [0.29, 0.717) is 0 Å². The molecule has 0 aliphatic carbocycles. The molecule has 126 valence electrons. The minimum Gasteiger partial charge on any atom is -0.377 e. The molecule has 2 aromatic carbocycles. The van der Waals surface area contributed by atoms with Gasteiger partial charge in [0.1, 0.15) is 0 Å². The van der Waals surface area contributed by atoms with Crippen LogP contribution in [0.2, 0.25) is 0 Å². The number of carbonyl (C=O) groups is 1. The van der Waals surface area contributed by atoms with Crippen LogP contribution in [0.4, 0.5) is 5.69 Å². The van der Waals surface area contributed by atoms with Gasteiger partial charge in [-0.3, -0.25) is 9.59 Å². The predicted molar refractivity (Wildman–Crippen MR) is 91.5 cm³/mol. The van der Waals surface area contributed by atoms with E-state index in [1.807, 2.05) is 31.1 Å². The SMILES string of the molecule is CN(C)c1cc[n+](CC(=O)ON=c2c(=O)c3ccccc3c2=O)cc1. The summed E-state index contributed by atoms with van der Waals surface area (Å²) in [5.74, 6) is -0.674. The molecular formula is C18H16N3O4+. The minimum atomic E-state index is -0.674. The summed E-state index contributed by atoms with van der Waals surface area (Å²) < 4.78 is 1.61. The number of aromatic nitrogens is 1. The van der Waals surface area contributed by atoms with Gasteiger partial charge >= 0.3 is 5.97 Å². The Balaban J connectivity index is 1.79. The number of rotatable bonds is 4. The second-order valence-electron chi connectivity index (χ2n) is 5.73. The summed E-state index contributed by atoms with van der Waals surface area (Å²) in [5, 5.41) is 3.66. The molecule has 0 saturated carbocycles. The van der Waals surface area contributed by atoms with Gasteiger partial charge in [0.15, 0.2) is 17.8 Å². The van der Waals surface area contributed by atoms with Gasteiger partial charge in [-0.25, -0.2) is 4.79 Å². The van der Waals surface area contributed by atoms with Gasteiger partial charge in [-0.2, -0.15) is 4.57 Å². The van der Waals surface area contributed by atoms with Crippen LogP contribution in [0.5, 0.6) is 0 Å². The molecule has 1 aromatic heterocycles. The highest BCUT2D eigenvalue weighted by atomic mass is 16.7. The van der Waals surface area contributed by atoms with Crippen molar-refractivity contribution in [1.29, 1.82) is 0 Å². The van der Waals surface area contributed by atoms with E-state index in [4.69, 9.17) is 4.84 Å². The van der Waals surface area contributed by atoms with Crippen LogP contribution in [-0.4, -0.2) is 20.1 Å². The van der Waals surface area contributed by atoms with Crippen LogP contribution < -0.4 is 25.7 Å². The summed E-state index contributed by atoms with van der Waals surface area (Å²) >= 11 is 0. The molecule has 0 aliphatic heterocycles. The lowest BCUT2D eigenvalue weighted by Crippen LogP contribution is -2.38. The molecule has 0 amide bonds. The first-order valence-electron chi connectivity index (χ1n) is 7.60. The third kappa shape index (κ3) is 3.30.